The van der Waals surface area contributed by atoms with Crippen LogP contribution < -0.4 is 5.32 Å². The van der Waals surface area contributed by atoms with Crippen molar-refractivity contribution in [3.63, 3.8) is 0 Å². The molecular weight excluding hydrogens is 198 g/mol. The second-order valence-corrected chi connectivity index (χ2v) is 3.69. The Morgan fingerprint density at radius 1 is 1.29 bits per heavy atom. The lowest BCUT2D eigenvalue weighted by molar-refractivity contribution is 0.518. The Labute approximate surface area is 89.9 Å². The van der Waals surface area contributed by atoms with Gasteiger partial charge >= 0.3 is 0 Å². The minimum absolute atomic E-state index is 0.429. The van der Waals surface area contributed by atoms with E-state index in [1.54, 1.807) is 6.07 Å². The Balaban J connectivity index is 2.41. The number of halogens is 1. The molecule has 3 nitrogen and oxygen atoms in total. The van der Waals surface area contributed by atoms with Gasteiger partial charge in [-0.25, -0.2) is 0 Å². The first-order chi connectivity index (χ1) is 6.76. The van der Waals surface area contributed by atoms with Gasteiger partial charge in [-0.3, -0.25) is 0 Å². The van der Waals surface area contributed by atoms with Crippen LogP contribution in [0.1, 0.15) is 26.7 Å². The van der Waals surface area contributed by atoms with Crippen molar-refractivity contribution in [1.82, 2.24) is 10.2 Å². The van der Waals surface area contributed by atoms with Gasteiger partial charge in [0.05, 0.1) is 0 Å². The smallest absolute Gasteiger partial charge is 0.151 e. The van der Waals surface area contributed by atoms with Crippen molar-refractivity contribution in [2.45, 2.75) is 26.7 Å². The zero-order chi connectivity index (χ0) is 10.4. The highest BCUT2D eigenvalue weighted by Crippen LogP contribution is 2.10. The van der Waals surface area contributed by atoms with Crippen LogP contribution in [0.2, 0.25) is 5.15 Å². The van der Waals surface area contributed by atoms with Gasteiger partial charge in [0.1, 0.15) is 5.82 Å². The summed E-state index contributed by atoms with van der Waals surface area (Å²) in [5.74, 6) is 1.49. The van der Waals surface area contributed by atoms with Crippen molar-refractivity contribution in [1.29, 1.82) is 0 Å². The van der Waals surface area contributed by atoms with Crippen LogP contribution in [-0.4, -0.2) is 16.7 Å². The van der Waals surface area contributed by atoms with Crippen LogP contribution in [0, 0.1) is 5.92 Å². The molecule has 0 aliphatic rings. The predicted molar refractivity (Wildman–Crippen MR) is 59.6 cm³/mol. The summed E-state index contributed by atoms with van der Waals surface area (Å²) in [6.45, 7) is 5.34. The highest BCUT2D eigenvalue weighted by molar-refractivity contribution is 6.29. The van der Waals surface area contributed by atoms with Gasteiger partial charge in [0.25, 0.3) is 0 Å². The Morgan fingerprint density at radius 2 is 2.00 bits per heavy atom. The molecule has 1 rings (SSSR count). The van der Waals surface area contributed by atoms with Crippen molar-refractivity contribution in [2.75, 3.05) is 11.9 Å². The Bertz CT molecular complexity index is 257. The van der Waals surface area contributed by atoms with Crippen molar-refractivity contribution in [3.8, 4) is 0 Å². The molecule has 0 aliphatic heterocycles. The average molecular weight is 214 g/mol. The first-order valence-electron chi connectivity index (χ1n) is 4.99. The van der Waals surface area contributed by atoms with E-state index in [4.69, 9.17) is 11.6 Å². The standard InChI is InChI=1S/C10H16ClN3/c1-3-8(4-2)7-12-10-6-5-9(11)13-14-10/h5-6,8H,3-4,7H2,1-2H3,(H,12,14). The number of anilines is 1. The molecule has 1 N–H and O–H groups in total. The van der Waals surface area contributed by atoms with E-state index >= 15 is 0 Å². The van der Waals surface area contributed by atoms with Crippen LogP contribution in [-0.2, 0) is 0 Å². The van der Waals surface area contributed by atoms with Crippen LogP contribution >= 0.6 is 11.6 Å². The summed E-state index contributed by atoms with van der Waals surface area (Å²) in [4.78, 5) is 0. The number of nitrogens with zero attached hydrogens (tertiary/aromatic N) is 2. The SMILES string of the molecule is CCC(CC)CNc1ccc(Cl)nn1. The molecule has 0 fully saturated rings. The number of nitrogens with one attached hydrogen (secondary N) is 1. The van der Waals surface area contributed by atoms with E-state index in [1.165, 1.54) is 12.8 Å². The van der Waals surface area contributed by atoms with Crippen LogP contribution in [0.25, 0.3) is 0 Å². The summed E-state index contributed by atoms with van der Waals surface area (Å²) in [6.07, 6.45) is 2.37. The third-order valence-electron chi connectivity index (χ3n) is 2.36. The number of rotatable bonds is 5. The molecule has 14 heavy (non-hydrogen) atoms. The van der Waals surface area contributed by atoms with Gasteiger partial charge in [-0.15, -0.1) is 10.2 Å². The fraction of sp³-hybridized carbons (Fsp3) is 0.600. The molecule has 0 spiro atoms. The lowest BCUT2D eigenvalue weighted by Crippen LogP contribution is -2.13. The van der Waals surface area contributed by atoms with Gasteiger partial charge in [0.2, 0.25) is 0 Å². The molecule has 0 amide bonds. The fourth-order valence-electron chi connectivity index (χ4n) is 1.24. The van der Waals surface area contributed by atoms with E-state index < -0.39 is 0 Å². The highest BCUT2D eigenvalue weighted by Gasteiger charge is 2.03. The monoisotopic (exact) mass is 213 g/mol. The molecule has 0 atom stereocenters. The Morgan fingerprint density at radius 3 is 2.50 bits per heavy atom. The minimum atomic E-state index is 0.429. The van der Waals surface area contributed by atoms with Gasteiger partial charge < -0.3 is 5.32 Å². The molecule has 0 radical (unpaired) electrons. The minimum Gasteiger partial charge on any atom is -0.368 e. The topological polar surface area (TPSA) is 37.8 Å². The first-order valence-corrected chi connectivity index (χ1v) is 5.37. The molecular formula is C10H16ClN3. The van der Waals surface area contributed by atoms with Gasteiger partial charge in [0, 0.05) is 6.54 Å². The van der Waals surface area contributed by atoms with Crippen LogP contribution in [0.4, 0.5) is 5.82 Å². The van der Waals surface area contributed by atoms with Crippen molar-refractivity contribution < 1.29 is 0 Å². The summed E-state index contributed by atoms with van der Waals surface area (Å²) in [6, 6.07) is 3.58. The third-order valence-corrected chi connectivity index (χ3v) is 2.56. The van der Waals surface area contributed by atoms with Gasteiger partial charge in [-0.1, -0.05) is 38.3 Å². The Hall–Kier alpha value is -0.830. The summed E-state index contributed by atoms with van der Waals surface area (Å²) < 4.78 is 0. The van der Waals surface area contributed by atoms with Crippen molar-refractivity contribution in [2.24, 2.45) is 5.92 Å². The molecule has 4 heteroatoms. The van der Waals surface area contributed by atoms with Crippen LogP contribution in [0.5, 0.6) is 0 Å². The number of aromatic nitrogens is 2. The highest BCUT2D eigenvalue weighted by atomic mass is 35.5. The zero-order valence-corrected chi connectivity index (χ0v) is 9.38. The van der Waals surface area contributed by atoms with Crippen molar-refractivity contribution in [3.05, 3.63) is 17.3 Å². The molecule has 78 valence electrons. The van der Waals surface area contributed by atoms with E-state index in [1.807, 2.05) is 6.07 Å². The maximum Gasteiger partial charge on any atom is 0.151 e. The molecule has 1 heterocycles. The largest absolute Gasteiger partial charge is 0.368 e. The normalized spacial score (nSPS) is 10.6. The van der Waals surface area contributed by atoms with Gasteiger partial charge in [-0.2, -0.15) is 0 Å². The molecule has 0 saturated carbocycles. The van der Waals surface area contributed by atoms with Crippen molar-refractivity contribution >= 4 is 17.4 Å². The van der Waals surface area contributed by atoms with E-state index in [0.717, 1.165) is 12.4 Å². The maximum absolute atomic E-state index is 5.63. The fourth-order valence-corrected chi connectivity index (χ4v) is 1.34. The molecule has 1 aromatic rings. The molecule has 0 aliphatic carbocycles. The lowest BCUT2D eigenvalue weighted by atomic mass is 10.0. The van der Waals surface area contributed by atoms with Crippen LogP contribution in [0.15, 0.2) is 12.1 Å². The molecule has 1 aromatic heterocycles. The van der Waals surface area contributed by atoms with E-state index in [9.17, 15) is 0 Å². The number of hydrogen-bond donors (Lipinski definition) is 1. The molecule has 0 unspecified atom stereocenters. The first kappa shape index (κ1) is 11.2. The van der Waals surface area contributed by atoms with E-state index in [-0.39, 0.29) is 0 Å². The summed E-state index contributed by atoms with van der Waals surface area (Å²) in [5, 5.41) is 11.4. The molecule has 0 bridgehead atoms. The average Bonchev–Trinajstić information content (AvgIpc) is 2.22. The molecule has 0 saturated heterocycles. The third kappa shape index (κ3) is 3.50. The maximum atomic E-state index is 5.63. The molecule has 0 aromatic carbocycles. The van der Waals surface area contributed by atoms with E-state index in [2.05, 4.69) is 29.4 Å². The van der Waals surface area contributed by atoms with Crippen LogP contribution in [0.3, 0.4) is 0 Å². The summed E-state index contributed by atoms with van der Waals surface area (Å²) in [7, 11) is 0. The second-order valence-electron chi connectivity index (χ2n) is 3.30. The quantitative estimate of drug-likeness (QED) is 0.817. The number of hydrogen-bond acceptors (Lipinski definition) is 3. The van der Waals surface area contributed by atoms with Gasteiger partial charge in [-0.05, 0) is 18.1 Å². The lowest BCUT2D eigenvalue weighted by Gasteiger charge is -2.12. The predicted octanol–water partition coefficient (Wildman–Crippen LogP) is 2.98. The van der Waals surface area contributed by atoms with E-state index in [0.29, 0.717) is 11.1 Å². The summed E-state index contributed by atoms with van der Waals surface area (Å²) >= 11 is 5.63. The second kappa shape index (κ2) is 5.81. The Kier molecular flexibility index (Phi) is 4.66. The van der Waals surface area contributed by atoms with Gasteiger partial charge in [0.15, 0.2) is 5.15 Å². The zero-order valence-electron chi connectivity index (χ0n) is 8.63. The summed E-state index contributed by atoms with van der Waals surface area (Å²) in [5.41, 5.74) is 0.